The van der Waals surface area contributed by atoms with E-state index in [0.717, 1.165) is 0 Å². The second-order valence-corrected chi connectivity index (χ2v) is 1.52. The molecule has 0 fully saturated rings. The van der Waals surface area contributed by atoms with Gasteiger partial charge in [0, 0.05) is 6.54 Å². The van der Waals surface area contributed by atoms with Crippen molar-refractivity contribution in [2.75, 3.05) is 6.54 Å². The van der Waals surface area contributed by atoms with Gasteiger partial charge in [0.2, 0.25) is 0 Å². The molecule has 0 aliphatic heterocycles. The molecule has 0 aromatic rings. The van der Waals surface area contributed by atoms with E-state index in [0.29, 0.717) is 13.0 Å². The number of hydrogen-bond acceptors (Lipinski definition) is 1. The van der Waals surface area contributed by atoms with Crippen molar-refractivity contribution in [1.29, 1.82) is 0 Å². The van der Waals surface area contributed by atoms with Crippen LogP contribution in [0.15, 0.2) is 0 Å². The summed E-state index contributed by atoms with van der Waals surface area (Å²) in [6, 6.07) is 0. The molecule has 0 atom stereocenters. The predicted octanol–water partition coefficient (Wildman–Crippen LogP) is 0.941. The lowest BCUT2D eigenvalue weighted by Gasteiger charge is -1.97. The van der Waals surface area contributed by atoms with Crippen molar-refractivity contribution in [3.8, 4) is 0 Å². The number of hydrogen-bond donors (Lipinski definition) is 1. The first-order chi connectivity index (χ1) is 4.18. The molecule has 1 N–H and O–H groups in total. The minimum atomic E-state index is -2.18. The third-order valence-electron chi connectivity index (χ3n) is 0.707. The molecule has 0 saturated carbocycles. The summed E-state index contributed by atoms with van der Waals surface area (Å²) in [7, 11) is 0. The van der Waals surface area contributed by atoms with Crippen molar-refractivity contribution < 1.29 is 13.6 Å². The van der Waals surface area contributed by atoms with Gasteiger partial charge in [0.25, 0.3) is 5.91 Å². The van der Waals surface area contributed by atoms with Crippen LogP contribution < -0.4 is 5.32 Å². The van der Waals surface area contributed by atoms with Gasteiger partial charge in [-0.25, -0.2) is 0 Å². The van der Waals surface area contributed by atoms with Gasteiger partial charge in [0.05, 0.1) is 0 Å². The van der Waals surface area contributed by atoms with E-state index in [1.54, 1.807) is 6.92 Å². The molecule has 1 radical (unpaired) electrons. The zero-order valence-corrected chi connectivity index (χ0v) is 5.08. The van der Waals surface area contributed by atoms with E-state index in [9.17, 15) is 13.6 Å². The van der Waals surface area contributed by atoms with Crippen LogP contribution in [0.25, 0.3) is 0 Å². The second kappa shape index (κ2) is 4.23. The smallest absolute Gasteiger partial charge is 0.351 e. The minimum Gasteiger partial charge on any atom is -0.351 e. The van der Waals surface area contributed by atoms with Crippen LogP contribution in [0.3, 0.4) is 0 Å². The molecule has 0 bridgehead atoms. The summed E-state index contributed by atoms with van der Waals surface area (Å²) in [4.78, 5) is 10.0. The first-order valence-corrected chi connectivity index (χ1v) is 2.64. The molecule has 1 amide bonds. The van der Waals surface area contributed by atoms with Crippen LogP contribution in [0.1, 0.15) is 13.3 Å². The molecular weight excluding hydrogens is 128 g/mol. The normalized spacial score (nSPS) is 9.78. The SMILES string of the molecule is CCCNC(=O)[C](F)F. The molecule has 0 heterocycles. The molecule has 0 aliphatic carbocycles. The third-order valence-corrected chi connectivity index (χ3v) is 0.707. The van der Waals surface area contributed by atoms with E-state index < -0.39 is 12.3 Å². The number of rotatable bonds is 3. The Morgan fingerprint density at radius 1 is 1.56 bits per heavy atom. The summed E-state index contributed by atoms with van der Waals surface area (Å²) >= 11 is 0. The van der Waals surface area contributed by atoms with Gasteiger partial charge >= 0.3 is 6.43 Å². The monoisotopic (exact) mass is 136 g/mol. The largest absolute Gasteiger partial charge is 0.395 e. The van der Waals surface area contributed by atoms with Crippen LogP contribution in [0.2, 0.25) is 0 Å². The molecule has 0 spiro atoms. The van der Waals surface area contributed by atoms with Crippen molar-refractivity contribution in [3.05, 3.63) is 6.43 Å². The Morgan fingerprint density at radius 3 is 2.44 bits per heavy atom. The van der Waals surface area contributed by atoms with E-state index in [1.807, 2.05) is 5.32 Å². The molecule has 0 aliphatic rings. The summed E-state index contributed by atoms with van der Waals surface area (Å²) in [6.07, 6.45) is -1.51. The van der Waals surface area contributed by atoms with Crippen LogP contribution in [-0.4, -0.2) is 12.5 Å². The molecule has 0 unspecified atom stereocenters. The van der Waals surface area contributed by atoms with Crippen molar-refractivity contribution >= 4 is 5.91 Å². The zero-order valence-electron chi connectivity index (χ0n) is 5.08. The second-order valence-electron chi connectivity index (χ2n) is 1.52. The highest BCUT2D eigenvalue weighted by atomic mass is 19.3. The molecule has 0 rings (SSSR count). The standard InChI is InChI=1S/C5H8F2NO/c1-2-3-8-5(9)4(6)7/h2-3H2,1H3,(H,8,9). The fourth-order valence-electron chi connectivity index (χ4n) is 0.305. The lowest BCUT2D eigenvalue weighted by Crippen LogP contribution is -2.25. The molecule has 0 saturated heterocycles. The average Bonchev–Trinajstić information content (AvgIpc) is 1.82. The summed E-state index contributed by atoms with van der Waals surface area (Å²) in [5.74, 6) is -1.27. The maximum absolute atomic E-state index is 11.3. The molecule has 4 heteroatoms. The van der Waals surface area contributed by atoms with Crippen LogP contribution in [0.5, 0.6) is 0 Å². The fraction of sp³-hybridized carbons (Fsp3) is 0.600. The van der Waals surface area contributed by atoms with Crippen molar-refractivity contribution in [2.45, 2.75) is 13.3 Å². The Morgan fingerprint density at radius 2 is 2.11 bits per heavy atom. The zero-order chi connectivity index (χ0) is 7.28. The van der Waals surface area contributed by atoms with Gasteiger partial charge in [-0.3, -0.25) is 4.79 Å². The lowest BCUT2D eigenvalue weighted by molar-refractivity contribution is -0.124. The number of carbonyl (C=O) groups is 1. The van der Waals surface area contributed by atoms with E-state index in [2.05, 4.69) is 0 Å². The highest BCUT2D eigenvalue weighted by Crippen LogP contribution is 2.00. The summed E-state index contributed by atoms with van der Waals surface area (Å²) in [5.41, 5.74) is 0. The summed E-state index contributed by atoms with van der Waals surface area (Å²) in [6.45, 7) is 2.09. The summed E-state index contributed by atoms with van der Waals surface area (Å²) < 4.78 is 22.5. The van der Waals surface area contributed by atoms with E-state index in [4.69, 9.17) is 0 Å². The van der Waals surface area contributed by atoms with E-state index in [1.165, 1.54) is 0 Å². The summed E-state index contributed by atoms with van der Waals surface area (Å²) in [5, 5.41) is 2.01. The molecule has 0 aromatic heterocycles. The Hall–Kier alpha value is -0.670. The Balaban J connectivity index is 3.28. The van der Waals surface area contributed by atoms with Crippen molar-refractivity contribution in [1.82, 2.24) is 5.32 Å². The van der Waals surface area contributed by atoms with Gasteiger partial charge in [0.1, 0.15) is 0 Å². The van der Waals surface area contributed by atoms with Gasteiger partial charge in [-0.05, 0) is 6.42 Å². The molecule has 2 nitrogen and oxygen atoms in total. The highest BCUT2D eigenvalue weighted by molar-refractivity contribution is 5.85. The number of carbonyl (C=O) groups excluding carboxylic acids is 1. The highest BCUT2D eigenvalue weighted by Gasteiger charge is 2.15. The van der Waals surface area contributed by atoms with Crippen LogP contribution >= 0.6 is 0 Å². The number of halogens is 2. The van der Waals surface area contributed by atoms with Crippen LogP contribution in [0.4, 0.5) is 8.78 Å². The van der Waals surface area contributed by atoms with Gasteiger partial charge in [-0.15, -0.1) is 0 Å². The quantitative estimate of drug-likeness (QED) is 0.614. The first kappa shape index (κ1) is 8.33. The molecule has 0 aromatic carbocycles. The van der Waals surface area contributed by atoms with E-state index >= 15 is 0 Å². The topological polar surface area (TPSA) is 29.1 Å². The van der Waals surface area contributed by atoms with Crippen molar-refractivity contribution in [2.24, 2.45) is 0 Å². The van der Waals surface area contributed by atoms with Gasteiger partial charge in [-0.2, -0.15) is 8.78 Å². The molecular formula is C5H8F2NO. The Labute approximate surface area is 52.2 Å². The fourth-order valence-corrected chi connectivity index (χ4v) is 0.305. The van der Waals surface area contributed by atoms with Gasteiger partial charge in [0.15, 0.2) is 0 Å². The molecule has 53 valence electrons. The Bertz CT molecular complexity index is 95.0. The maximum Gasteiger partial charge on any atom is 0.395 e. The third kappa shape index (κ3) is 3.88. The minimum absolute atomic E-state index is 0.302. The first-order valence-electron chi connectivity index (χ1n) is 2.64. The average molecular weight is 136 g/mol. The predicted molar refractivity (Wildman–Crippen MR) is 28.8 cm³/mol. The number of amides is 1. The van der Waals surface area contributed by atoms with Gasteiger partial charge in [-0.1, -0.05) is 6.92 Å². The lowest BCUT2D eigenvalue weighted by atomic mass is 10.5. The van der Waals surface area contributed by atoms with Crippen LogP contribution in [0, 0.1) is 6.43 Å². The maximum atomic E-state index is 11.3. The Kier molecular flexibility index (Phi) is 3.92. The van der Waals surface area contributed by atoms with Crippen LogP contribution in [-0.2, 0) is 4.79 Å². The molecule has 9 heavy (non-hydrogen) atoms. The van der Waals surface area contributed by atoms with E-state index in [-0.39, 0.29) is 0 Å². The van der Waals surface area contributed by atoms with Crippen molar-refractivity contribution in [3.63, 3.8) is 0 Å². The number of nitrogens with one attached hydrogen (secondary N) is 1. The van der Waals surface area contributed by atoms with Gasteiger partial charge < -0.3 is 5.32 Å².